The van der Waals surface area contributed by atoms with Crippen LogP contribution in [0.3, 0.4) is 0 Å². The van der Waals surface area contributed by atoms with E-state index in [1.807, 2.05) is 11.8 Å². The summed E-state index contributed by atoms with van der Waals surface area (Å²) < 4.78 is 0.731. The molecule has 0 spiro atoms. The summed E-state index contributed by atoms with van der Waals surface area (Å²) in [5.74, 6) is 2.27. The van der Waals surface area contributed by atoms with Gasteiger partial charge in [0.05, 0.1) is 4.92 Å². The lowest BCUT2D eigenvalue weighted by atomic mass is 10.3. The van der Waals surface area contributed by atoms with E-state index in [9.17, 15) is 10.1 Å². The molecule has 0 aromatic heterocycles. The van der Waals surface area contributed by atoms with Crippen LogP contribution in [0, 0.1) is 10.1 Å². The maximum atomic E-state index is 10.6. The van der Waals surface area contributed by atoms with Gasteiger partial charge >= 0.3 is 0 Å². The Labute approximate surface area is 113 Å². The van der Waals surface area contributed by atoms with E-state index in [0.29, 0.717) is 0 Å². The third-order valence-electron chi connectivity index (χ3n) is 2.15. The summed E-state index contributed by atoms with van der Waals surface area (Å²) in [6.07, 6.45) is 1.09. The van der Waals surface area contributed by atoms with Crippen LogP contribution < -0.4 is 5.32 Å². The van der Waals surface area contributed by atoms with Gasteiger partial charge in [-0.25, -0.2) is 0 Å². The van der Waals surface area contributed by atoms with E-state index in [-0.39, 0.29) is 5.69 Å². The molecule has 0 amide bonds. The standard InChI is InChI=1S/C11H15BrN2O2S/c1-2-17-7-3-6-13-11-5-4-9(14(15)16)8-10(11)12/h4-5,8,13H,2-3,6-7H2,1H3. The molecule has 4 nitrogen and oxygen atoms in total. The zero-order valence-electron chi connectivity index (χ0n) is 9.61. The number of thioether (sulfide) groups is 1. The summed E-state index contributed by atoms with van der Waals surface area (Å²) in [5.41, 5.74) is 1.00. The minimum Gasteiger partial charge on any atom is -0.384 e. The average Bonchev–Trinajstić information content (AvgIpc) is 2.30. The summed E-state index contributed by atoms with van der Waals surface area (Å²) in [4.78, 5) is 10.2. The van der Waals surface area contributed by atoms with Crippen molar-refractivity contribution in [2.75, 3.05) is 23.4 Å². The normalized spacial score (nSPS) is 10.2. The fourth-order valence-electron chi connectivity index (χ4n) is 1.30. The van der Waals surface area contributed by atoms with Crippen molar-refractivity contribution in [2.24, 2.45) is 0 Å². The molecule has 0 bridgehead atoms. The van der Waals surface area contributed by atoms with Crippen LogP contribution >= 0.6 is 27.7 Å². The molecule has 0 unspecified atom stereocenters. The van der Waals surface area contributed by atoms with Gasteiger partial charge in [-0.1, -0.05) is 6.92 Å². The Bertz CT molecular complexity index is 388. The Morgan fingerprint density at radius 2 is 2.29 bits per heavy atom. The lowest BCUT2D eigenvalue weighted by molar-refractivity contribution is -0.384. The molecule has 1 aromatic rings. The molecule has 17 heavy (non-hydrogen) atoms. The maximum Gasteiger partial charge on any atom is 0.270 e. The highest BCUT2D eigenvalue weighted by atomic mass is 79.9. The summed E-state index contributed by atoms with van der Waals surface area (Å²) in [6, 6.07) is 4.76. The Kier molecular flexibility index (Phi) is 6.36. The lowest BCUT2D eigenvalue weighted by Crippen LogP contribution is -2.03. The topological polar surface area (TPSA) is 55.2 Å². The van der Waals surface area contributed by atoms with Gasteiger partial charge < -0.3 is 5.32 Å². The van der Waals surface area contributed by atoms with E-state index in [2.05, 4.69) is 28.2 Å². The van der Waals surface area contributed by atoms with Crippen molar-refractivity contribution in [1.82, 2.24) is 0 Å². The summed E-state index contributed by atoms with van der Waals surface area (Å²) in [5, 5.41) is 13.8. The van der Waals surface area contributed by atoms with E-state index in [4.69, 9.17) is 0 Å². The number of nitrogens with zero attached hydrogens (tertiary/aromatic N) is 1. The largest absolute Gasteiger partial charge is 0.384 e. The van der Waals surface area contributed by atoms with Crippen molar-refractivity contribution in [1.29, 1.82) is 0 Å². The molecule has 94 valence electrons. The van der Waals surface area contributed by atoms with Crippen LogP contribution in [-0.4, -0.2) is 23.0 Å². The smallest absolute Gasteiger partial charge is 0.270 e. The summed E-state index contributed by atoms with van der Waals surface area (Å²) >= 11 is 5.24. The van der Waals surface area contributed by atoms with Gasteiger partial charge in [0.25, 0.3) is 5.69 Å². The molecule has 0 fully saturated rings. The highest BCUT2D eigenvalue weighted by Gasteiger charge is 2.08. The number of hydrogen-bond acceptors (Lipinski definition) is 4. The molecule has 0 saturated heterocycles. The molecule has 6 heteroatoms. The molecule has 1 rings (SSSR count). The Balaban J connectivity index is 2.46. The zero-order valence-corrected chi connectivity index (χ0v) is 12.0. The van der Waals surface area contributed by atoms with Gasteiger partial charge in [-0.05, 0) is 39.9 Å². The molecule has 0 aliphatic heterocycles. The minimum absolute atomic E-state index is 0.101. The van der Waals surface area contributed by atoms with Crippen LogP contribution in [-0.2, 0) is 0 Å². The fourth-order valence-corrected chi connectivity index (χ4v) is 2.45. The van der Waals surface area contributed by atoms with E-state index in [1.165, 1.54) is 12.1 Å². The van der Waals surface area contributed by atoms with Crippen LogP contribution in [0.1, 0.15) is 13.3 Å². The predicted octanol–water partition coefficient (Wildman–Crippen LogP) is 3.91. The lowest BCUT2D eigenvalue weighted by Gasteiger charge is -2.07. The number of nitro benzene ring substituents is 1. The number of halogens is 1. The van der Waals surface area contributed by atoms with E-state index < -0.39 is 4.92 Å². The molecule has 0 aliphatic carbocycles. The summed E-state index contributed by atoms with van der Waals surface area (Å²) in [7, 11) is 0. The molecule has 0 aliphatic rings. The average molecular weight is 319 g/mol. The molecule has 0 heterocycles. The second-order valence-corrected chi connectivity index (χ2v) is 5.65. The van der Waals surface area contributed by atoms with Gasteiger partial charge in [-0.2, -0.15) is 11.8 Å². The first-order valence-electron chi connectivity index (χ1n) is 5.40. The van der Waals surface area contributed by atoms with Gasteiger partial charge in [0.15, 0.2) is 0 Å². The van der Waals surface area contributed by atoms with Gasteiger partial charge in [-0.15, -0.1) is 0 Å². The molecular formula is C11H15BrN2O2S. The summed E-state index contributed by atoms with van der Waals surface area (Å²) in [6.45, 7) is 3.02. The number of anilines is 1. The number of nitrogens with one attached hydrogen (secondary N) is 1. The van der Waals surface area contributed by atoms with Crippen LogP contribution in [0.2, 0.25) is 0 Å². The Hall–Kier alpha value is -0.750. The SMILES string of the molecule is CCSCCCNc1ccc([N+](=O)[O-])cc1Br. The van der Waals surface area contributed by atoms with Crippen LogP contribution in [0.4, 0.5) is 11.4 Å². The monoisotopic (exact) mass is 318 g/mol. The Morgan fingerprint density at radius 1 is 1.53 bits per heavy atom. The number of hydrogen-bond donors (Lipinski definition) is 1. The second-order valence-electron chi connectivity index (χ2n) is 3.40. The first kappa shape index (κ1) is 14.3. The quantitative estimate of drug-likeness (QED) is 0.470. The number of rotatable bonds is 7. The van der Waals surface area contributed by atoms with Crippen LogP contribution in [0.5, 0.6) is 0 Å². The van der Waals surface area contributed by atoms with Crippen molar-refractivity contribution in [3.8, 4) is 0 Å². The van der Waals surface area contributed by atoms with E-state index in [1.54, 1.807) is 6.07 Å². The maximum absolute atomic E-state index is 10.6. The van der Waals surface area contributed by atoms with Gasteiger partial charge in [-0.3, -0.25) is 10.1 Å². The number of benzene rings is 1. The van der Waals surface area contributed by atoms with Gasteiger partial charge in [0, 0.05) is 28.8 Å². The molecule has 1 N–H and O–H groups in total. The number of non-ortho nitro benzene ring substituents is 1. The van der Waals surface area contributed by atoms with E-state index >= 15 is 0 Å². The molecule has 1 aromatic carbocycles. The third-order valence-corrected chi connectivity index (χ3v) is 3.79. The van der Waals surface area contributed by atoms with Crippen molar-refractivity contribution in [2.45, 2.75) is 13.3 Å². The fraction of sp³-hybridized carbons (Fsp3) is 0.455. The van der Waals surface area contributed by atoms with Crippen molar-refractivity contribution in [3.63, 3.8) is 0 Å². The van der Waals surface area contributed by atoms with Crippen molar-refractivity contribution < 1.29 is 4.92 Å². The van der Waals surface area contributed by atoms with Gasteiger partial charge in [0.1, 0.15) is 0 Å². The minimum atomic E-state index is -0.396. The first-order chi connectivity index (χ1) is 8.15. The molecule has 0 radical (unpaired) electrons. The predicted molar refractivity (Wildman–Crippen MR) is 76.9 cm³/mol. The first-order valence-corrected chi connectivity index (χ1v) is 7.35. The Morgan fingerprint density at radius 3 is 2.88 bits per heavy atom. The van der Waals surface area contributed by atoms with E-state index in [0.717, 1.165) is 34.6 Å². The second kappa shape index (κ2) is 7.55. The van der Waals surface area contributed by atoms with Gasteiger partial charge in [0.2, 0.25) is 0 Å². The molecule has 0 saturated carbocycles. The van der Waals surface area contributed by atoms with Crippen LogP contribution in [0.15, 0.2) is 22.7 Å². The van der Waals surface area contributed by atoms with Crippen molar-refractivity contribution >= 4 is 39.1 Å². The highest BCUT2D eigenvalue weighted by molar-refractivity contribution is 9.10. The third kappa shape index (κ3) is 4.95. The van der Waals surface area contributed by atoms with Crippen molar-refractivity contribution in [3.05, 3.63) is 32.8 Å². The highest BCUT2D eigenvalue weighted by Crippen LogP contribution is 2.26. The molecule has 0 atom stereocenters. The van der Waals surface area contributed by atoms with Crippen LogP contribution in [0.25, 0.3) is 0 Å². The zero-order chi connectivity index (χ0) is 12.7. The molecular weight excluding hydrogens is 304 g/mol. The number of nitro groups is 1.